The Morgan fingerprint density at radius 1 is 1.16 bits per heavy atom. The topological polar surface area (TPSA) is 75.6 Å². The van der Waals surface area contributed by atoms with Crippen LogP contribution in [0.5, 0.6) is 0 Å². The van der Waals surface area contributed by atoms with Crippen LogP contribution in [0.15, 0.2) is 36.9 Å². The number of benzene rings is 1. The highest BCUT2D eigenvalue weighted by Crippen LogP contribution is 2.23. The molecule has 1 amide bonds. The van der Waals surface area contributed by atoms with Crippen molar-refractivity contribution in [1.82, 2.24) is 14.9 Å². The Hall–Kier alpha value is -2.96. The first-order valence-corrected chi connectivity index (χ1v) is 8.24. The van der Waals surface area contributed by atoms with Crippen molar-refractivity contribution in [2.45, 2.75) is 6.92 Å². The number of hydrogen-bond donors (Lipinski definition) is 0. The number of rotatable bonds is 4. The van der Waals surface area contributed by atoms with Crippen LogP contribution in [0.3, 0.4) is 0 Å². The molecule has 0 atom stereocenters. The molecule has 0 bridgehead atoms. The molecule has 1 saturated heterocycles. The van der Waals surface area contributed by atoms with Crippen molar-refractivity contribution in [1.29, 1.82) is 0 Å². The van der Waals surface area contributed by atoms with Gasteiger partial charge in [-0.05, 0) is 25.1 Å². The van der Waals surface area contributed by atoms with E-state index in [9.17, 15) is 9.59 Å². The molecule has 0 radical (unpaired) electrons. The molecule has 25 heavy (non-hydrogen) atoms. The zero-order valence-corrected chi connectivity index (χ0v) is 14.1. The highest BCUT2D eigenvalue weighted by atomic mass is 16.5. The van der Waals surface area contributed by atoms with Crippen LogP contribution in [-0.2, 0) is 9.53 Å². The Balaban J connectivity index is 1.94. The third-order valence-electron chi connectivity index (χ3n) is 4.09. The standard InChI is InChI=1S/C18H20N4O3/c1-3-15(23)21-9-11-22(12-10-21)17-16(18(24)25-4-2)19-13-7-5-6-8-14(13)20-17/h3,5-8H,1,4,9-12H2,2H3. The van der Waals surface area contributed by atoms with E-state index in [-0.39, 0.29) is 18.2 Å². The summed E-state index contributed by atoms with van der Waals surface area (Å²) in [6, 6.07) is 7.41. The summed E-state index contributed by atoms with van der Waals surface area (Å²) >= 11 is 0. The van der Waals surface area contributed by atoms with Gasteiger partial charge in [0.2, 0.25) is 5.91 Å². The molecule has 2 heterocycles. The van der Waals surface area contributed by atoms with Gasteiger partial charge in [-0.3, -0.25) is 4.79 Å². The van der Waals surface area contributed by atoms with E-state index in [1.54, 1.807) is 11.8 Å². The molecule has 0 aliphatic carbocycles. The van der Waals surface area contributed by atoms with Crippen LogP contribution in [0.2, 0.25) is 0 Å². The lowest BCUT2D eigenvalue weighted by Gasteiger charge is -2.35. The predicted molar refractivity (Wildman–Crippen MR) is 94.5 cm³/mol. The number of ether oxygens (including phenoxy) is 1. The number of aromatic nitrogens is 2. The maximum absolute atomic E-state index is 12.3. The molecule has 1 aromatic heterocycles. The maximum Gasteiger partial charge on any atom is 0.360 e. The lowest BCUT2D eigenvalue weighted by Crippen LogP contribution is -2.49. The monoisotopic (exact) mass is 340 g/mol. The molecule has 7 nitrogen and oxygen atoms in total. The number of amides is 1. The summed E-state index contributed by atoms with van der Waals surface area (Å²) in [6.07, 6.45) is 1.32. The normalized spacial score (nSPS) is 14.4. The smallest absolute Gasteiger partial charge is 0.360 e. The Morgan fingerprint density at radius 3 is 2.40 bits per heavy atom. The van der Waals surface area contributed by atoms with Crippen LogP contribution < -0.4 is 4.90 Å². The van der Waals surface area contributed by atoms with E-state index in [0.29, 0.717) is 37.5 Å². The number of anilines is 1. The summed E-state index contributed by atoms with van der Waals surface area (Å²) in [5.74, 6) is -0.0712. The molecule has 1 aliphatic heterocycles. The predicted octanol–water partition coefficient (Wildman–Crippen LogP) is 1.64. The van der Waals surface area contributed by atoms with Crippen molar-refractivity contribution in [3.05, 3.63) is 42.6 Å². The zero-order valence-electron chi connectivity index (χ0n) is 14.1. The van der Waals surface area contributed by atoms with Crippen molar-refractivity contribution in [2.24, 2.45) is 0 Å². The highest BCUT2D eigenvalue weighted by molar-refractivity contribution is 5.95. The van der Waals surface area contributed by atoms with Crippen molar-refractivity contribution in [3.63, 3.8) is 0 Å². The lowest BCUT2D eigenvalue weighted by atomic mass is 10.2. The van der Waals surface area contributed by atoms with Crippen molar-refractivity contribution in [3.8, 4) is 0 Å². The first kappa shape index (κ1) is 16.9. The van der Waals surface area contributed by atoms with E-state index in [4.69, 9.17) is 4.74 Å². The summed E-state index contributed by atoms with van der Waals surface area (Å²) in [5, 5.41) is 0. The van der Waals surface area contributed by atoms with Gasteiger partial charge in [-0.1, -0.05) is 18.7 Å². The Kier molecular flexibility index (Phi) is 4.92. The lowest BCUT2D eigenvalue weighted by molar-refractivity contribution is -0.126. The highest BCUT2D eigenvalue weighted by Gasteiger charge is 2.26. The summed E-state index contributed by atoms with van der Waals surface area (Å²) in [5.41, 5.74) is 1.58. The average molecular weight is 340 g/mol. The summed E-state index contributed by atoms with van der Waals surface area (Å²) in [4.78, 5) is 36.9. The van der Waals surface area contributed by atoms with Gasteiger partial charge < -0.3 is 14.5 Å². The third kappa shape index (κ3) is 3.45. The molecule has 2 aromatic rings. The second-order valence-electron chi connectivity index (χ2n) is 5.62. The van der Waals surface area contributed by atoms with Crippen molar-refractivity contribution in [2.75, 3.05) is 37.7 Å². The Labute approximate surface area is 145 Å². The molecule has 0 spiro atoms. The van der Waals surface area contributed by atoms with Crippen LogP contribution in [0.25, 0.3) is 11.0 Å². The number of para-hydroxylation sites is 2. The van der Waals surface area contributed by atoms with Gasteiger partial charge in [0.1, 0.15) is 0 Å². The van der Waals surface area contributed by atoms with Crippen LogP contribution in [0.4, 0.5) is 5.82 Å². The van der Waals surface area contributed by atoms with Gasteiger partial charge in [0.05, 0.1) is 17.6 Å². The summed E-state index contributed by atoms with van der Waals surface area (Å²) < 4.78 is 5.14. The minimum absolute atomic E-state index is 0.0881. The largest absolute Gasteiger partial charge is 0.461 e. The van der Waals surface area contributed by atoms with Crippen LogP contribution in [-0.4, -0.2) is 59.5 Å². The first-order chi connectivity index (χ1) is 12.1. The molecule has 1 aromatic carbocycles. The number of hydrogen-bond acceptors (Lipinski definition) is 6. The average Bonchev–Trinajstić information content (AvgIpc) is 2.66. The second-order valence-corrected chi connectivity index (χ2v) is 5.62. The van der Waals surface area contributed by atoms with Crippen LogP contribution in [0.1, 0.15) is 17.4 Å². The fourth-order valence-corrected chi connectivity index (χ4v) is 2.82. The number of fused-ring (bicyclic) bond motifs is 1. The number of carbonyl (C=O) groups is 2. The molecule has 0 saturated carbocycles. The van der Waals surface area contributed by atoms with E-state index in [0.717, 1.165) is 5.52 Å². The minimum Gasteiger partial charge on any atom is -0.461 e. The molecule has 0 unspecified atom stereocenters. The van der Waals surface area contributed by atoms with Crippen LogP contribution in [0, 0.1) is 0 Å². The van der Waals surface area contributed by atoms with Gasteiger partial charge in [-0.15, -0.1) is 0 Å². The summed E-state index contributed by atoms with van der Waals surface area (Å²) in [7, 11) is 0. The van der Waals surface area contributed by atoms with Gasteiger partial charge >= 0.3 is 5.97 Å². The second kappa shape index (κ2) is 7.29. The molecule has 1 fully saturated rings. The van der Waals surface area contributed by atoms with Gasteiger partial charge in [0, 0.05) is 26.2 Å². The molecule has 3 rings (SSSR count). The van der Waals surface area contributed by atoms with E-state index in [2.05, 4.69) is 16.5 Å². The van der Waals surface area contributed by atoms with E-state index in [1.165, 1.54) is 6.08 Å². The fraction of sp³-hybridized carbons (Fsp3) is 0.333. The van der Waals surface area contributed by atoms with Crippen molar-refractivity contribution >= 4 is 28.7 Å². The molecular weight excluding hydrogens is 320 g/mol. The van der Waals surface area contributed by atoms with Gasteiger partial charge in [-0.25, -0.2) is 14.8 Å². The van der Waals surface area contributed by atoms with E-state index >= 15 is 0 Å². The molecule has 7 heteroatoms. The van der Waals surface area contributed by atoms with E-state index in [1.807, 2.05) is 29.2 Å². The summed E-state index contributed by atoms with van der Waals surface area (Å²) in [6.45, 7) is 7.77. The number of carbonyl (C=O) groups excluding carboxylic acids is 2. The Morgan fingerprint density at radius 2 is 1.80 bits per heavy atom. The fourth-order valence-electron chi connectivity index (χ4n) is 2.82. The number of piperazine rings is 1. The van der Waals surface area contributed by atoms with Gasteiger partial charge in [0.25, 0.3) is 0 Å². The minimum atomic E-state index is -0.486. The Bertz CT molecular complexity index is 813. The molecule has 130 valence electrons. The van der Waals surface area contributed by atoms with Crippen LogP contribution >= 0.6 is 0 Å². The van der Waals surface area contributed by atoms with E-state index < -0.39 is 5.97 Å². The maximum atomic E-state index is 12.3. The molecule has 1 aliphatic rings. The third-order valence-corrected chi connectivity index (χ3v) is 4.09. The molecule has 0 N–H and O–H groups in total. The number of esters is 1. The SMILES string of the molecule is C=CC(=O)N1CCN(c2nc3ccccc3nc2C(=O)OCC)CC1. The van der Waals surface area contributed by atoms with Gasteiger partial charge in [0.15, 0.2) is 11.5 Å². The molecular formula is C18H20N4O3. The zero-order chi connectivity index (χ0) is 17.8. The number of nitrogens with zero attached hydrogens (tertiary/aromatic N) is 4. The quantitative estimate of drug-likeness (QED) is 0.622. The van der Waals surface area contributed by atoms with Crippen molar-refractivity contribution < 1.29 is 14.3 Å². The van der Waals surface area contributed by atoms with Gasteiger partial charge in [-0.2, -0.15) is 0 Å². The first-order valence-electron chi connectivity index (χ1n) is 8.24.